The zero-order chi connectivity index (χ0) is 26.4. The monoisotopic (exact) mass is 519 g/mol. The molecule has 0 bridgehead atoms. The number of carbonyl (C=O) groups is 1. The normalized spacial score (nSPS) is 26.2. The average molecular weight is 520 g/mol. The van der Waals surface area contributed by atoms with E-state index in [1.165, 1.54) is 6.07 Å². The number of carbonyl (C=O) groups excluding carboxylic acids is 1. The Morgan fingerprint density at radius 3 is 2.43 bits per heavy atom. The van der Waals surface area contributed by atoms with Crippen LogP contribution in [-0.4, -0.2) is 46.4 Å². The lowest BCUT2D eigenvalue weighted by molar-refractivity contribution is 0.0560. The van der Waals surface area contributed by atoms with Crippen LogP contribution in [0.25, 0.3) is 0 Å². The number of hydrogen-bond acceptors (Lipinski definition) is 5. The van der Waals surface area contributed by atoms with Crippen molar-refractivity contribution in [1.29, 1.82) is 0 Å². The number of amidine groups is 1. The van der Waals surface area contributed by atoms with Crippen molar-refractivity contribution in [3.63, 3.8) is 0 Å². The molecule has 9 heteroatoms. The van der Waals surface area contributed by atoms with Gasteiger partial charge in [-0.15, -0.1) is 5.54 Å². The highest BCUT2D eigenvalue weighted by atomic mass is 32.2. The van der Waals surface area contributed by atoms with Gasteiger partial charge < -0.3 is 4.74 Å². The van der Waals surface area contributed by atoms with Crippen molar-refractivity contribution < 1.29 is 18.1 Å². The van der Waals surface area contributed by atoms with E-state index < -0.39 is 45.6 Å². The second-order valence-corrected chi connectivity index (χ2v) is 19.7. The van der Waals surface area contributed by atoms with Gasteiger partial charge in [0.2, 0.25) is 0 Å². The third-order valence-electron chi connectivity index (χ3n) is 5.82. The lowest BCUT2D eigenvalue weighted by Gasteiger charge is -2.42. The Balaban J connectivity index is 2.16. The number of amides is 1. The Bertz CT molecular complexity index is 1240. The first kappa shape index (κ1) is 27.4. The topological polar surface area (TPSA) is 80.1 Å². The van der Waals surface area contributed by atoms with Gasteiger partial charge in [-0.1, -0.05) is 25.6 Å². The van der Waals surface area contributed by atoms with Crippen LogP contribution in [0.15, 0.2) is 27.6 Å². The van der Waals surface area contributed by atoms with E-state index in [-0.39, 0.29) is 23.2 Å². The molecule has 0 unspecified atom stereocenters. The van der Waals surface area contributed by atoms with Gasteiger partial charge in [-0.05, 0) is 72.6 Å². The second-order valence-electron chi connectivity index (χ2n) is 12.2. The quantitative estimate of drug-likeness (QED) is 0.407. The van der Waals surface area contributed by atoms with Gasteiger partial charge in [0.05, 0.1) is 21.5 Å². The van der Waals surface area contributed by atoms with Crippen LogP contribution in [0.3, 0.4) is 0 Å². The number of nitrogens with one attached hydrogen (secondary N) is 1. The van der Waals surface area contributed by atoms with Crippen molar-refractivity contribution in [2.24, 2.45) is 9.36 Å². The summed E-state index contributed by atoms with van der Waals surface area (Å²) in [6, 6.07) is 4.74. The molecule has 1 aromatic carbocycles. The third kappa shape index (κ3) is 6.53. The molecule has 1 saturated carbocycles. The SMILES string of the molecule is CC(C)(C)OC(=O)NC1=N[C@](C)(c2cc(C#C[Si](C)(C)C)ccc2F)C[S@](=O)(=NC2CC2)C1(C)C. The average Bonchev–Trinajstić information content (AvgIpc) is 3.47. The standard InChI is InChI=1S/C26H38FN3O3SSi/c1-24(2,3)33-23(31)28-22-25(4,5)34(32,30-19-11-12-19)17-26(6,29-22)20-16-18(10-13-21(20)27)14-15-35(7,8)9/h10,13,16,19H,11-12,17H2,1-9H3,(H,28,29,31)/t26-,34+/m0/s1. The number of nitrogens with zero attached hydrogens (tertiary/aromatic N) is 2. The molecule has 2 atom stereocenters. The number of rotatable bonds is 2. The first-order chi connectivity index (χ1) is 15.8. The lowest BCUT2D eigenvalue weighted by Crippen LogP contribution is -2.58. The molecule has 2 aliphatic rings. The van der Waals surface area contributed by atoms with Crippen molar-refractivity contribution in [3.05, 3.63) is 35.1 Å². The number of benzene rings is 1. The summed E-state index contributed by atoms with van der Waals surface area (Å²) in [6.07, 6.45) is 1.06. The predicted molar refractivity (Wildman–Crippen MR) is 143 cm³/mol. The molecule has 0 spiro atoms. The van der Waals surface area contributed by atoms with E-state index in [2.05, 4.69) is 36.4 Å². The molecule has 3 rings (SSSR count). The fourth-order valence-electron chi connectivity index (χ4n) is 3.71. The van der Waals surface area contributed by atoms with Crippen molar-refractivity contribution in [1.82, 2.24) is 5.32 Å². The molecule has 1 fully saturated rings. The maximum Gasteiger partial charge on any atom is 0.413 e. The van der Waals surface area contributed by atoms with Crippen LogP contribution >= 0.6 is 0 Å². The van der Waals surface area contributed by atoms with Gasteiger partial charge in [-0.25, -0.2) is 17.8 Å². The minimum absolute atomic E-state index is 0.0192. The Labute approximate surface area is 210 Å². The highest BCUT2D eigenvalue weighted by Gasteiger charge is 2.50. The van der Waals surface area contributed by atoms with Crippen LogP contribution in [0.2, 0.25) is 19.6 Å². The molecule has 0 radical (unpaired) electrons. The Hall–Kier alpha value is -2.18. The van der Waals surface area contributed by atoms with E-state index in [1.807, 2.05) is 0 Å². The minimum atomic E-state index is -2.94. The van der Waals surface area contributed by atoms with Crippen molar-refractivity contribution >= 4 is 29.7 Å². The van der Waals surface area contributed by atoms with E-state index in [1.54, 1.807) is 53.7 Å². The van der Waals surface area contributed by atoms with Gasteiger partial charge in [-0.2, -0.15) is 0 Å². The number of aliphatic imine (C=N–C) groups is 1. The number of ether oxygens (including phenoxy) is 1. The molecule has 35 heavy (non-hydrogen) atoms. The molecule has 1 aromatic rings. The smallest absolute Gasteiger partial charge is 0.413 e. The summed E-state index contributed by atoms with van der Waals surface area (Å²) in [7, 11) is -4.57. The van der Waals surface area contributed by atoms with E-state index >= 15 is 4.39 Å². The minimum Gasteiger partial charge on any atom is -0.444 e. The summed E-state index contributed by atoms with van der Waals surface area (Å²) in [5, 5.41) is 2.72. The van der Waals surface area contributed by atoms with Gasteiger partial charge in [0.15, 0.2) is 0 Å². The summed E-state index contributed by atoms with van der Waals surface area (Å²) in [4.78, 5) is 17.5. The van der Waals surface area contributed by atoms with Crippen LogP contribution < -0.4 is 5.32 Å². The number of halogens is 1. The number of alkyl carbamates (subject to hydrolysis) is 1. The van der Waals surface area contributed by atoms with E-state index in [4.69, 9.17) is 14.1 Å². The zero-order valence-corrected chi connectivity index (χ0v) is 24.2. The van der Waals surface area contributed by atoms with Gasteiger partial charge in [0.25, 0.3) is 0 Å². The third-order valence-corrected chi connectivity index (χ3v) is 10.1. The lowest BCUT2D eigenvalue weighted by atomic mass is 9.92. The second kappa shape index (κ2) is 9.04. The fraction of sp³-hybridized carbons (Fsp3) is 0.615. The molecular weight excluding hydrogens is 481 g/mol. The number of hydrogen-bond donors (Lipinski definition) is 1. The highest BCUT2D eigenvalue weighted by Crippen LogP contribution is 2.41. The Morgan fingerprint density at radius 1 is 1.26 bits per heavy atom. The van der Waals surface area contributed by atoms with Crippen LogP contribution in [0.5, 0.6) is 0 Å². The van der Waals surface area contributed by atoms with Crippen molar-refractivity contribution in [2.75, 3.05) is 5.75 Å². The van der Waals surface area contributed by atoms with Crippen molar-refractivity contribution in [2.45, 2.75) is 96.0 Å². The summed E-state index contributed by atoms with van der Waals surface area (Å²) in [5.41, 5.74) is 2.34. The van der Waals surface area contributed by atoms with Gasteiger partial charge in [0.1, 0.15) is 35.6 Å². The zero-order valence-electron chi connectivity index (χ0n) is 22.3. The summed E-state index contributed by atoms with van der Waals surface area (Å²) in [5.74, 6) is 2.94. The first-order valence-corrected chi connectivity index (χ1v) is 17.2. The van der Waals surface area contributed by atoms with Crippen LogP contribution in [0.4, 0.5) is 9.18 Å². The highest BCUT2D eigenvalue weighted by molar-refractivity contribution is 7.95. The van der Waals surface area contributed by atoms with Crippen molar-refractivity contribution in [3.8, 4) is 11.5 Å². The van der Waals surface area contributed by atoms with Crippen LogP contribution in [-0.2, 0) is 20.0 Å². The molecular formula is C26H38FN3O3SSi. The van der Waals surface area contributed by atoms with E-state index in [9.17, 15) is 9.00 Å². The van der Waals surface area contributed by atoms with Gasteiger partial charge >= 0.3 is 6.09 Å². The molecule has 1 aliphatic carbocycles. The van der Waals surface area contributed by atoms with Crippen LogP contribution in [0, 0.1) is 17.3 Å². The molecule has 0 saturated heterocycles. The molecule has 0 aromatic heterocycles. The maximum absolute atomic E-state index is 15.3. The van der Waals surface area contributed by atoms with E-state index in [0.717, 1.165) is 12.8 Å². The fourth-order valence-corrected chi connectivity index (χ4v) is 7.00. The largest absolute Gasteiger partial charge is 0.444 e. The molecule has 1 N–H and O–H groups in total. The predicted octanol–water partition coefficient (Wildman–Crippen LogP) is 5.62. The molecule has 1 amide bonds. The van der Waals surface area contributed by atoms with Gasteiger partial charge in [0, 0.05) is 11.1 Å². The summed E-state index contributed by atoms with van der Waals surface area (Å²) in [6.45, 7) is 17.0. The maximum atomic E-state index is 15.3. The van der Waals surface area contributed by atoms with E-state index in [0.29, 0.717) is 5.56 Å². The summed E-state index contributed by atoms with van der Waals surface area (Å²) < 4.78 is 38.8. The molecule has 192 valence electrons. The molecule has 1 heterocycles. The molecule has 6 nitrogen and oxygen atoms in total. The first-order valence-electron chi connectivity index (χ1n) is 12.0. The Morgan fingerprint density at radius 2 is 1.89 bits per heavy atom. The Kier molecular flexibility index (Phi) is 7.08. The van der Waals surface area contributed by atoms with Gasteiger partial charge in [-0.3, -0.25) is 10.3 Å². The van der Waals surface area contributed by atoms with Crippen LogP contribution in [0.1, 0.15) is 65.5 Å². The molecule has 1 aliphatic heterocycles. The summed E-state index contributed by atoms with van der Waals surface area (Å²) >= 11 is 0.